The number of methoxy groups -OCH3 is 1. The van der Waals surface area contributed by atoms with Crippen molar-refractivity contribution in [3.05, 3.63) is 24.3 Å². The van der Waals surface area contributed by atoms with Gasteiger partial charge in [-0.25, -0.2) is 9.59 Å². The molecule has 0 aliphatic heterocycles. The van der Waals surface area contributed by atoms with Crippen LogP contribution in [0, 0.1) is 0 Å². The first-order valence-corrected chi connectivity index (χ1v) is 6.75. The van der Waals surface area contributed by atoms with Gasteiger partial charge in [-0.3, -0.25) is 0 Å². The highest BCUT2D eigenvalue weighted by atomic mass is 16.6. The van der Waals surface area contributed by atoms with E-state index < -0.39 is 18.0 Å². The van der Waals surface area contributed by atoms with Crippen LogP contribution in [0.4, 0.5) is 5.69 Å². The quantitative estimate of drug-likeness (QED) is 0.562. The van der Waals surface area contributed by atoms with Crippen LogP contribution >= 0.6 is 0 Å². The van der Waals surface area contributed by atoms with Gasteiger partial charge in [0.2, 0.25) is 6.04 Å². The molecule has 0 heterocycles. The summed E-state index contributed by atoms with van der Waals surface area (Å²) in [5.41, 5.74) is 0.682. The van der Waals surface area contributed by atoms with Crippen molar-refractivity contribution in [1.82, 2.24) is 0 Å². The molecule has 0 radical (unpaired) electrons. The molecule has 0 saturated carbocycles. The molecule has 1 rings (SSSR count). The van der Waals surface area contributed by atoms with Gasteiger partial charge in [0.25, 0.3) is 0 Å². The van der Waals surface area contributed by atoms with Crippen LogP contribution in [0.25, 0.3) is 0 Å². The Morgan fingerprint density at radius 2 is 1.52 bits per heavy atom. The predicted molar refractivity (Wildman–Crippen MR) is 78.5 cm³/mol. The van der Waals surface area contributed by atoms with Gasteiger partial charge in [0.15, 0.2) is 0 Å². The zero-order chi connectivity index (χ0) is 15.8. The molecule has 0 amide bonds. The molecular weight excluding hydrogens is 274 g/mol. The summed E-state index contributed by atoms with van der Waals surface area (Å²) in [6.45, 7) is 3.78. The maximum Gasteiger partial charge on any atom is 0.340 e. The van der Waals surface area contributed by atoms with Crippen molar-refractivity contribution in [3.63, 3.8) is 0 Å². The second kappa shape index (κ2) is 8.14. The molecule has 1 aromatic carbocycles. The van der Waals surface area contributed by atoms with E-state index in [1.807, 2.05) is 0 Å². The number of ether oxygens (including phenoxy) is 3. The number of carbonyl (C=O) groups is 2. The van der Waals surface area contributed by atoms with E-state index in [1.165, 1.54) is 4.90 Å². The number of nitrogens with zero attached hydrogens (tertiary/aromatic N) is 1. The third-order valence-electron chi connectivity index (χ3n) is 2.89. The number of rotatable bonds is 7. The molecule has 0 aliphatic rings. The normalized spacial score (nSPS) is 10.1. The van der Waals surface area contributed by atoms with Crippen molar-refractivity contribution in [2.75, 3.05) is 32.3 Å². The monoisotopic (exact) mass is 295 g/mol. The number of anilines is 1. The molecule has 0 saturated heterocycles. The summed E-state index contributed by atoms with van der Waals surface area (Å²) in [7, 11) is 3.21. The van der Waals surface area contributed by atoms with E-state index in [1.54, 1.807) is 52.3 Å². The summed E-state index contributed by atoms with van der Waals surface area (Å²) in [6, 6.07) is 5.88. The van der Waals surface area contributed by atoms with Gasteiger partial charge in [0, 0.05) is 12.7 Å². The third-order valence-corrected chi connectivity index (χ3v) is 2.89. The molecule has 0 aromatic heterocycles. The van der Waals surface area contributed by atoms with Crippen LogP contribution in [0.3, 0.4) is 0 Å². The molecule has 0 aliphatic carbocycles. The van der Waals surface area contributed by atoms with E-state index in [2.05, 4.69) is 0 Å². The molecule has 6 heteroatoms. The first kappa shape index (κ1) is 16.8. The summed E-state index contributed by atoms with van der Waals surface area (Å²) in [4.78, 5) is 25.5. The largest absolute Gasteiger partial charge is 0.497 e. The van der Waals surface area contributed by atoms with Gasteiger partial charge in [0.05, 0.1) is 20.3 Å². The summed E-state index contributed by atoms with van der Waals surface area (Å²) in [5, 5.41) is 0. The smallest absolute Gasteiger partial charge is 0.340 e. The molecule has 0 atom stereocenters. The lowest BCUT2D eigenvalue weighted by Gasteiger charge is -2.26. The average molecular weight is 295 g/mol. The molecule has 0 unspecified atom stereocenters. The summed E-state index contributed by atoms with van der Waals surface area (Å²) < 4.78 is 15.0. The summed E-state index contributed by atoms with van der Waals surface area (Å²) >= 11 is 0. The van der Waals surface area contributed by atoms with Crippen molar-refractivity contribution < 1.29 is 23.8 Å². The van der Waals surface area contributed by atoms with Gasteiger partial charge in [-0.1, -0.05) is 0 Å². The lowest BCUT2D eigenvalue weighted by atomic mass is 10.2. The topological polar surface area (TPSA) is 65.1 Å². The van der Waals surface area contributed by atoms with Gasteiger partial charge in [-0.05, 0) is 38.1 Å². The molecule has 0 N–H and O–H groups in total. The Morgan fingerprint density at radius 3 is 1.90 bits per heavy atom. The maximum absolute atomic E-state index is 12.0. The zero-order valence-electron chi connectivity index (χ0n) is 12.8. The van der Waals surface area contributed by atoms with E-state index in [4.69, 9.17) is 14.2 Å². The molecule has 116 valence electrons. The highest BCUT2D eigenvalue weighted by Gasteiger charge is 2.33. The number of benzene rings is 1. The fourth-order valence-corrected chi connectivity index (χ4v) is 1.82. The Hall–Kier alpha value is -2.24. The lowest BCUT2D eigenvalue weighted by Crippen LogP contribution is -2.46. The maximum atomic E-state index is 12.0. The molecule has 6 nitrogen and oxygen atoms in total. The zero-order valence-corrected chi connectivity index (χ0v) is 12.8. The number of hydrogen-bond donors (Lipinski definition) is 0. The Bertz CT molecular complexity index is 453. The van der Waals surface area contributed by atoms with E-state index in [9.17, 15) is 9.59 Å². The second-order valence-electron chi connectivity index (χ2n) is 4.22. The lowest BCUT2D eigenvalue weighted by molar-refractivity contribution is -0.156. The van der Waals surface area contributed by atoms with Crippen LogP contribution in [0.2, 0.25) is 0 Å². The summed E-state index contributed by atoms with van der Waals surface area (Å²) in [6.07, 6.45) is 0. The summed E-state index contributed by atoms with van der Waals surface area (Å²) in [5.74, 6) is -0.570. The Labute approximate surface area is 124 Å². The van der Waals surface area contributed by atoms with Crippen molar-refractivity contribution in [1.29, 1.82) is 0 Å². The van der Waals surface area contributed by atoms with E-state index in [0.717, 1.165) is 0 Å². The van der Waals surface area contributed by atoms with Crippen molar-refractivity contribution >= 4 is 17.6 Å². The number of esters is 2. The van der Waals surface area contributed by atoms with Crippen molar-refractivity contribution in [2.45, 2.75) is 19.9 Å². The average Bonchev–Trinajstić information content (AvgIpc) is 2.48. The highest BCUT2D eigenvalue weighted by Crippen LogP contribution is 2.20. The van der Waals surface area contributed by atoms with Crippen LogP contribution in [-0.4, -0.2) is 45.4 Å². The highest BCUT2D eigenvalue weighted by molar-refractivity contribution is 6.02. The molecule has 0 bridgehead atoms. The van der Waals surface area contributed by atoms with Gasteiger partial charge in [-0.2, -0.15) is 0 Å². The number of carbonyl (C=O) groups excluding carboxylic acids is 2. The molecule has 0 fully saturated rings. The van der Waals surface area contributed by atoms with Gasteiger partial charge in [0.1, 0.15) is 5.75 Å². The van der Waals surface area contributed by atoms with Crippen LogP contribution in [0.5, 0.6) is 5.75 Å². The van der Waals surface area contributed by atoms with Gasteiger partial charge < -0.3 is 19.1 Å². The van der Waals surface area contributed by atoms with E-state index in [-0.39, 0.29) is 13.2 Å². The fourth-order valence-electron chi connectivity index (χ4n) is 1.82. The molecule has 21 heavy (non-hydrogen) atoms. The second-order valence-corrected chi connectivity index (χ2v) is 4.22. The SMILES string of the molecule is CCOC(=O)C(C(=O)OCC)N(C)c1ccc(OC)cc1. The number of hydrogen-bond acceptors (Lipinski definition) is 6. The minimum Gasteiger partial charge on any atom is -0.497 e. The Morgan fingerprint density at radius 1 is 1.05 bits per heavy atom. The van der Waals surface area contributed by atoms with Crippen LogP contribution in [0.15, 0.2) is 24.3 Å². The fraction of sp³-hybridized carbons (Fsp3) is 0.467. The van der Waals surface area contributed by atoms with Crippen molar-refractivity contribution in [2.24, 2.45) is 0 Å². The standard InChI is InChI=1S/C15H21NO5/c1-5-20-14(17)13(15(18)21-6-2)16(3)11-7-9-12(19-4)10-8-11/h7-10,13H,5-6H2,1-4H3. The van der Waals surface area contributed by atoms with E-state index in [0.29, 0.717) is 11.4 Å². The van der Waals surface area contributed by atoms with Crippen LogP contribution in [-0.2, 0) is 19.1 Å². The van der Waals surface area contributed by atoms with Crippen LogP contribution in [0.1, 0.15) is 13.8 Å². The first-order chi connectivity index (χ1) is 10.0. The molecular formula is C15H21NO5. The van der Waals surface area contributed by atoms with Crippen LogP contribution < -0.4 is 9.64 Å². The molecule has 1 aromatic rings. The molecule has 0 spiro atoms. The minimum atomic E-state index is -1.13. The number of likely N-dealkylation sites (N-methyl/N-ethyl adjacent to an activating group) is 1. The predicted octanol–water partition coefficient (Wildman–Crippen LogP) is 1.63. The Kier molecular flexibility index (Phi) is 6.52. The van der Waals surface area contributed by atoms with Gasteiger partial charge in [-0.15, -0.1) is 0 Å². The van der Waals surface area contributed by atoms with Crippen molar-refractivity contribution in [3.8, 4) is 5.75 Å². The Balaban J connectivity index is 2.99. The van der Waals surface area contributed by atoms with Gasteiger partial charge >= 0.3 is 11.9 Å². The minimum absolute atomic E-state index is 0.200. The first-order valence-electron chi connectivity index (χ1n) is 6.75. The van der Waals surface area contributed by atoms with E-state index >= 15 is 0 Å². The third kappa shape index (κ3) is 4.37.